The molecule has 21 heavy (non-hydrogen) atoms. The number of aliphatic hydroxyl groups excluding tert-OH is 1. The molecule has 1 saturated carbocycles. The number of aliphatic hydroxyl groups is 1. The minimum absolute atomic E-state index is 0.104. The molecule has 5 heteroatoms. The average molecular weight is 289 g/mol. The van der Waals surface area contributed by atoms with E-state index in [9.17, 15) is 9.90 Å². The van der Waals surface area contributed by atoms with Crippen LogP contribution >= 0.6 is 0 Å². The van der Waals surface area contributed by atoms with E-state index >= 15 is 0 Å². The summed E-state index contributed by atoms with van der Waals surface area (Å²) in [7, 11) is 0. The number of nitrogens with one attached hydrogen (secondary N) is 1. The summed E-state index contributed by atoms with van der Waals surface area (Å²) in [6.07, 6.45) is 3.51. The number of furan rings is 1. The maximum absolute atomic E-state index is 12.3. The van der Waals surface area contributed by atoms with Gasteiger partial charge in [0.15, 0.2) is 0 Å². The second kappa shape index (κ2) is 5.41. The monoisotopic (exact) mass is 289 g/mol. The van der Waals surface area contributed by atoms with Crippen molar-refractivity contribution in [2.75, 3.05) is 19.8 Å². The van der Waals surface area contributed by atoms with Crippen molar-refractivity contribution in [1.29, 1.82) is 0 Å². The van der Waals surface area contributed by atoms with Gasteiger partial charge in [0.1, 0.15) is 11.3 Å². The van der Waals surface area contributed by atoms with Crippen LogP contribution in [0.25, 0.3) is 11.0 Å². The third-order valence-electron chi connectivity index (χ3n) is 4.01. The summed E-state index contributed by atoms with van der Waals surface area (Å²) in [4.78, 5) is 12.3. The number of carbonyl (C=O) groups is 1. The van der Waals surface area contributed by atoms with Crippen LogP contribution in [-0.2, 0) is 0 Å². The molecular formula is C16H19NO4. The lowest BCUT2D eigenvalue weighted by atomic mass is 10.1. The third kappa shape index (κ3) is 2.74. The minimum atomic E-state index is -0.172. The summed E-state index contributed by atoms with van der Waals surface area (Å²) < 4.78 is 10.9. The molecule has 1 aromatic carbocycles. The zero-order valence-corrected chi connectivity index (χ0v) is 12.0. The molecule has 0 atom stereocenters. The molecule has 2 N–H and O–H groups in total. The molecule has 0 saturated heterocycles. The SMILES string of the molecule is CCOc1cc(C(=O)NCC2(CO)CC2)cc2occc12. The maximum Gasteiger partial charge on any atom is 0.251 e. The van der Waals surface area contributed by atoms with Gasteiger partial charge in [0.2, 0.25) is 0 Å². The van der Waals surface area contributed by atoms with Crippen LogP contribution in [-0.4, -0.2) is 30.8 Å². The van der Waals surface area contributed by atoms with Gasteiger partial charge in [-0.15, -0.1) is 0 Å². The molecule has 3 rings (SSSR count). The van der Waals surface area contributed by atoms with E-state index in [4.69, 9.17) is 9.15 Å². The molecule has 0 aliphatic heterocycles. The summed E-state index contributed by atoms with van der Waals surface area (Å²) in [6.45, 7) is 3.05. The summed E-state index contributed by atoms with van der Waals surface area (Å²) >= 11 is 0. The van der Waals surface area contributed by atoms with E-state index in [-0.39, 0.29) is 17.9 Å². The number of fused-ring (bicyclic) bond motifs is 1. The van der Waals surface area contributed by atoms with Crippen molar-refractivity contribution in [1.82, 2.24) is 5.32 Å². The van der Waals surface area contributed by atoms with Crippen LogP contribution in [0.15, 0.2) is 28.9 Å². The van der Waals surface area contributed by atoms with E-state index < -0.39 is 0 Å². The Morgan fingerprint density at radius 2 is 2.29 bits per heavy atom. The Balaban J connectivity index is 1.80. The Morgan fingerprint density at radius 1 is 1.48 bits per heavy atom. The Labute approximate surface area is 122 Å². The van der Waals surface area contributed by atoms with Crippen molar-refractivity contribution in [3.63, 3.8) is 0 Å². The molecule has 1 aliphatic carbocycles. The van der Waals surface area contributed by atoms with Crippen LogP contribution < -0.4 is 10.1 Å². The lowest BCUT2D eigenvalue weighted by Gasteiger charge is -2.13. The van der Waals surface area contributed by atoms with Crippen LogP contribution in [0, 0.1) is 5.41 Å². The number of rotatable bonds is 6. The number of amides is 1. The molecular weight excluding hydrogens is 270 g/mol. The second-order valence-corrected chi connectivity index (χ2v) is 5.58. The Kier molecular flexibility index (Phi) is 3.59. The van der Waals surface area contributed by atoms with Gasteiger partial charge in [-0.3, -0.25) is 4.79 Å². The molecule has 1 aromatic heterocycles. The molecule has 0 spiro atoms. The molecule has 0 radical (unpaired) electrons. The van der Waals surface area contributed by atoms with Crippen LogP contribution in [0.3, 0.4) is 0 Å². The van der Waals surface area contributed by atoms with E-state index in [1.807, 2.05) is 13.0 Å². The number of carbonyl (C=O) groups excluding carboxylic acids is 1. The van der Waals surface area contributed by atoms with Crippen molar-refractivity contribution >= 4 is 16.9 Å². The van der Waals surface area contributed by atoms with Crippen molar-refractivity contribution in [3.8, 4) is 5.75 Å². The largest absolute Gasteiger partial charge is 0.493 e. The Hall–Kier alpha value is -2.01. The van der Waals surface area contributed by atoms with Gasteiger partial charge in [-0.2, -0.15) is 0 Å². The van der Waals surface area contributed by atoms with Gasteiger partial charge in [-0.25, -0.2) is 0 Å². The highest BCUT2D eigenvalue weighted by Crippen LogP contribution is 2.44. The first-order valence-corrected chi connectivity index (χ1v) is 7.20. The number of ether oxygens (including phenoxy) is 1. The van der Waals surface area contributed by atoms with E-state index in [0.717, 1.165) is 18.2 Å². The van der Waals surface area contributed by atoms with Crippen LogP contribution in [0.5, 0.6) is 5.75 Å². The van der Waals surface area contributed by atoms with Gasteiger partial charge >= 0.3 is 0 Å². The van der Waals surface area contributed by atoms with E-state index in [0.29, 0.717) is 30.0 Å². The number of benzene rings is 1. The smallest absolute Gasteiger partial charge is 0.251 e. The van der Waals surface area contributed by atoms with Gasteiger partial charge < -0.3 is 19.6 Å². The van der Waals surface area contributed by atoms with Crippen LogP contribution in [0.2, 0.25) is 0 Å². The molecule has 5 nitrogen and oxygen atoms in total. The Bertz CT molecular complexity index is 657. The third-order valence-corrected chi connectivity index (χ3v) is 4.01. The highest BCUT2D eigenvalue weighted by atomic mass is 16.5. The molecule has 1 aliphatic rings. The summed E-state index contributed by atoms with van der Waals surface area (Å²) in [5.74, 6) is 0.478. The second-order valence-electron chi connectivity index (χ2n) is 5.58. The van der Waals surface area contributed by atoms with Crippen molar-refractivity contribution in [2.45, 2.75) is 19.8 Å². The maximum atomic E-state index is 12.3. The van der Waals surface area contributed by atoms with Crippen molar-refractivity contribution < 1.29 is 19.1 Å². The highest BCUT2D eigenvalue weighted by Gasteiger charge is 2.42. The fraction of sp³-hybridized carbons (Fsp3) is 0.438. The molecule has 0 unspecified atom stereocenters. The van der Waals surface area contributed by atoms with Gasteiger partial charge in [-0.05, 0) is 38.0 Å². The van der Waals surface area contributed by atoms with Gasteiger partial charge in [0.25, 0.3) is 5.91 Å². The normalized spacial score (nSPS) is 15.9. The predicted octanol–water partition coefficient (Wildman–Crippen LogP) is 2.33. The minimum Gasteiger partial charge on any atom is -0.493 e. The molecule has 1 heterocycles. The first-order chi connectivity index (χ1) is 10.2. The van der Waals surface area contributed by atoms with Gasteiger partial charge in [0, 0.05) is 17.5 Å². The molecule has 1 amide bonds. The van der Waals surface area contributed by atoms with Gasteiger partial charge in [0.05, 0.1) is 24.9 Å². The predicted molar refractivity (Wildman–Crippen MR) is 78.5 cm³/mol. The van der Waals surface area contributed by atoms with E-state index in [1.54, 1.807) is 18.4 Å². The van der Waals surface area contributed by atoms with Crippen LogP contribution in [0.1, 0.15) is 30.1 Å². The van der Waals surface area contributed by atoms with Crippen molar-refractivity contribution in [2.24, 2.45) is 5.41 Å². The van der Waals surface area contributed by atoms with E-state index in [1.165, 1.54) is 0 Å². The number of hydrogen-bond acceptors (Lipinski definition) is 4. The average Bonchev–Trinajstić information content (AvgIpc) is 3.12. The summed E-state index contributed by atoms with van der Waals surface area (Å²) in [5, 5.41) is 13.0. The zero-order chi connectivity index (χ0) is 14.9. The molecule has 2 aromatic rings. The first kappa shape index (κ1) is 13.9. The Morgan fingerprint density at radius 3 is 2.95 bits per heavy atom. The fourth-order valence-electron chi connectivity index (χ4n) is 2.38. The topological polar surface area (TPSA) is 71.7 Å². The van der Waals surface area contributed by atoms with Crippen LogP contribution in [0.4, 0.5) is 0 Å². The molecule has 0 bridgehead atoms. The lowest BCUT2D eigenvalue weighted by Crippen LogP contribution is -2.31. The quantitative estimate of drug-likeness (QED) is 0.856. The molecule has 1 fully saturated rings. The first-order valence-electron chi connectivity index (χ1n) is 7.20. The fourth-order valence-corrected chi connectivity index (χ4v) is 2.38. The zero-order valence-electron chi connectivity index (χ0n) is 12.0. The van der Waals surface area contributed by atoms with Crippen molar-refractivity contribution in [3.05, 3.63) is 30.0 Å². The standard InChI is InChI=1S/C16H19NO4/c1-2-20-13-7-11(8-14-12(13)3-6-21-14)15(19)17-9-16(10-18)4-5-16/h3,6-8,18H,2,4-5,9-10H2,1H3,(H,17,19). The number of hydrogen-bond donors (Lipinski definition) is 2. The summed E-state index contributed by atoms with van der Waals surface area (Å²) in [5.41, 5.74) is 1.04. The summed E-state index contributed by atoms with van der Waals surface area (Å²) in [6, 6.07) is 5.27. The highest BCUT2D eigenvalue weighted by molar-refractivity contribution is 5.99. The van der Waals surface area contributed by atoms with E-state index in [2.05, 4.69) is 5.32 Å². The molecule has 112 valence electrons. The van der Waals surface area contributed by atoms with Gasteiger partial charge in [-0.1, -0.05) is 0 Å². The lowest BCUT2D eigenvalue weighted by molar-refractivity contribution is 0.0935.